The largest absolute Gasteiger partial charge is 0.375 e. The normalized spacial score (nSPS) is 11.8. The fourth-order valence-electron chi connectivity index (χ4n) is 1.74. The molecule has 0 saturated heterocycles. The van der Waals surface area contributed by atoms with Crippen LogP contribution in [0.25, 0.3) is 4.96 Å². The van der Waals surface area contributed by atoms with E-state index in [-0.39, 0.29) is 10.7 Å². The smallest absolute Gasteiger partial charge is 0.258 e. The highest BCUT2D eigenvalue weighted by atomic mass is 32.1. The zero-order chi connectivity index (χ0) is 14.2. The summed E-state index contributed by atoms with van der Waals surface area (Å²) >= 11 is 6.10. The Morgan fingerprint density at radius 3 is 2.89 bits per heavy atom. The van der Waals surface area contributed by atoms with Crippen molar-refractivity contribution in [3.63, 3.8) is 0 Å². The summed E-state index contributed by atoms with van der Waals surface area (Å²) in [5.41, 5.74) is 9.99. The SMILES string of the molecule is C/C(=N/NC(N)=S)c1sc2nc(C)cc(=O)n2c1C. The Morgan fingerprint density at radius 1 is 1.58 bits per heavy atom. The van der Waals surface area contributed by atoms with Gasteiger partial charge < -0.3 is 5.73 Å². The van der Waals surface area contributed by atoms with E-state index in [4.69, 9.17) is 18.0 Å². The van der Waals surface area contributed by atoms with Crippen LogP contribution in [0.15, 0.2) is 16.0 Å². The summed E-state index contributed by atoms with van der Waals surface area (Å²) in [4.78, 5) is 17.8. The van der Waals surface area contributed by atoms with Crippen LogP contribution in [0, 0.1) is 13.8 Å². The monoisotopic (exact) mass is 295 g/mol. The predicted octanol–water partition coefficient (Wildman–Crippen LogP) is 0.930. The number of aryl methyl sites for hydroxylation is 2. The molecule has 6 nitrogen and oxygen atoms in total. The number of hydrogen-bond acceptors (Lipinski definition) is 5. The number of nitrogens with two attached hydrogens (primary N) is 1. The van der Waals surface area contributed by atoms with E-state index in [0.29, 0.717) is 16.4 Å². The molecule has 0 fully saturated rings. The van der Waals surface area contributed by atoms with Gasteiger partial charge in [-0.1, -0.05) is 11.3 Å². The Balaban J connectivity index is 2.60. The van der Waals surface area contributed by atoms with Crippen LogP contribution in [0.1, 0.15) is 23.2 Å². The molecule has 2 aromatic rings. The molecule has 0 saturated carbocycles. The summed E-state index contributed by atoms with van der Waals surface area (Å²) in [6.07, 6.45) is 0. The van der Waals surface area contributed by atoms with Crippen LogP contribution < -0.4 is 16.7 Å². The molecule has 0 bridgehead atoms. The van der Waals surface area contributed by atoms with Gasteiger partial charge >= 0.3 is 0 Å². The Morgan fingerprint density at radius 2 is 2.26 bits per heavy atom. The number of fused-ring (bicyclic) bond motifs is 1. The fourth-order valence-corrected chi connectivity index (χ4v) is 2.91. The maximum absolute atomic E-state index is 12.0. The van der Waals surface area contributed by atoms with Crippen molar-refractivity contribution in [2.45, 2.75) is 20.8 Å². The minimum absolute atomic E-state index is 0.0856. The third-order valence-corrected chi connectivity index (χ3v) is 3.88. The Hall–Kier alpha value is -1.80. The quantitative estimate of drug-likeness (QED) is 0.489. The van der Waals surface area contributed by atoms with Crippen LogP contribution in [-0.2, 0) is 0 Å². The number of hydrogen-bond donors (Lipinski definition) is 2. The van der Waals surface area contributed by atoms with Crippen molar-refractivity contribution in [2.75, 3.05) is 0 Å². The number of aromatic nitrogens is 2. The average molecular weight is 295 g/mol. The standard InChI is InChI=1S/C11H13N5OS2/c1-5-4-8(17)16-7(3)9(19-11(16)13-5)6(2)14-15-10(12)18/h4H,1-3H3,(H3,12,15,18)/b14-6-. The number of nitrogens with one attached hydrogen (secondary N) is 1. The summed E-state index contributed by atoms with van der Waals surface area (Å²) in [5.74, 6) is 0. The lowest BCUT2D eigenvalue weighted by Gasteiger charge is -2.00. The molecule has 2 aromatic heterocycles. The molecule has 0 aliphatic rings. The van der Waals surface area contributed by atoms with Crippen molar-refractivity contribution in [3.05, 3.63) is 32.7 Å². The maximum Gasteiger partial charge on any atom is 0.258 e. The molecule has 2 rings (SSSR count). The molecule has 0 spiro atoms. The second-order valence-corrected chi connectivity index (χ2v) is 5.46. The minimum atomic E-state index is -0.0856. The highest BCUT2D eigenvalue weighted by Crippen LogP contribution is 2.20. The second-order valence-electron chi connectivity index (χ2n) is 4.04. The Kier molecular flexibility index (Phi) is 3.63. The summed E-state index contributed by atoms with van der Waals surface area (Å²) in [6.45, 7) is 5.48. The van der Waals surface area contributed by atoms with E-state index in [2.05, 4.69) is 15.5 Å². The van der Waals surface area contributed by atoms with Crippen LogP contribution in [0.3, 0.4) is 0 Å². The van der Waals surface area contributed by atoms with Gasteiger partial charge in [0.2, 0.25) is 0 Å². The number of rotatable bonds is 2. The van der Waals surface area contributed by atoms with Crippen LogP contribution in [0.5, 0.6) is 0 Å². The molecule has 8 heteroatoms. The molecule has 100 valence electrons. The van der Waals surface area contributed by atoms with Gasteiger partial charge in [0.15, 0.2) is 10.1 Å². The number of hydrazone groups is 1. The maximum atomic E-state index is 12.0. The molecule has 3 N–H and O–H groups in total. The molecular weight excluding hydrogens is 282 g/mol. The van der Waals surface area contributed by atoms with Crippen LogP contribution in [0.4, 0.5) is 0 Å². The van der Waals surface area contributed by atoms with Gasteiger partial charge in [-0.25, -0.2) is 4.98 Å². The lowest BCUT2D eigenvalue weighted by molar-refractivity contribution is 0.994. The van der Waals surface area contributed by atoms with Crippen molar-refractivity contribution in [3.8, 4) is 0 Å². The van der Waals surface area contributed by atoms with E-state index < -0.39 is 0 Å². The molecule has 0 radical (unpaired) electrons. The summed E-state index contributed by atoms with van der Waals surface area (Å²) in [7, 11) is 0. The zero-order valence-electron chi connectivity index (χ0n) is 10.7. The number of nitrogens with zero attached hydrogens (tertiary/aromatic N) is 3. The van der Waals surface area contributed by atoms with Crippen LogP contribution in [0.2, 0.25) is 0 Å². The predicted molar refractivity (Wildman–Crippen MR) is 80.9 cm³/mol. The molecule has 0 atom stereocenters. The molecule has 2 heterocycles. The van der Waals surface area contributed by atoms with Gasteiger partial charge in [-0.3, -0.25) is 14.6 Å². The van der Waals surface area contributed by atoms with Gasteiger partial charge in [-0.15, -0.1) is 0 Å². The van der Waals surface area contributed by atoms with E-state index in [1.54, 1.807) is 11.3 Å². The van der Waals surface area contributed by atoms with Gasteiger partial charge in [0.05, 0.1) is 10.6 Å². The summed E-state index contributed by atoms with van der Waals surface area (Å²) in [6, 6.07) is 1.51. The van der Waals surface area contributed by atoms with Crippen molar-refractivity contribution in [2.24, 2.45) is 10.8 Å². The van der Waals surface area contributed by atoms with Crippen molar-refractivity contribution in [1.29, 1.82) is 0 Å². The zero-order valence-corrected chi connectivity index (χ0v) is 12.4. The van der Waals surface area contributed by atoms with Gasteiger partial charge in [0.25, 0.3) is 5.56 Å². The van der Waals surface area contributed by atoms with Crippen molar-refractivity contribution >= 4 is 39.3 Å². The molecule has 0 aliphatic heterocycles. The first-order chi connectivity index (χ1) is 8.90. The lowest BCUT2D eigenvalue weighted by Crippen LogP contribution is -2.25. The Bertz CT molecular complexity index is 743. The first-order valence-corrected chi connectivity index (χ1v) is 6.72. The molecule has 0 aromatic carbocycles. The van der Waals surface area contributed by atoms with E-state index in [1.807, 2.05) is 13.8 Å². The minimum Gasteiger partial charge on any atom is -0.375 e. The molecule has 0 aliphatic carbocycles. The van der Waals surface area contributed by atoms with Gasteiger partial charge in [-0.2, -0.15) is 5.10 Å². The van der Waals surface area contributed by atoms with E-state index >= 15 is 0 Å². The highest BCUT2D eigenvalue weighted by Gasteiger charge is 2.13. The van der Waals surface area contributed by atoms with Gasteiger partial charge in [0, 0.05) is 17.5 Å². The third kappa shape index (κ3) is 2.64. The van der Waals surface area contributed by atoms with Gasteiger partial charge in [-0.05, 0) is 33.0 Å². The van der Waals surface area contributed by atoms with E-state index in [0.717, 1.165) is 10.6 Å². The first-order valence-electron chi connectivity index (χ1n) is 5.50. The van der Waals surface area contributed by atoms with Crippen molar-refractivity contribution < 1.29 is 0 Å². The summed E-state index contributed by atoms with van der Waals surface area (Å²) in [5, 5.41) is 4.17. The average Bonchev–Trinajstić information content (AvgIpc) is 2.63. The Labute approximate surface area is 119 Å². The van der Waals surface area contributed by atoms with E-state index in [9.17, 15) is 4.79 Å². The second kappa shape index (κ2) is 5.06. The van der Waals surface area contributed by atoms with Crippen molar-refractivity contribution in [1.82, 2.24) is 14.8 Å². The number of thiocarbonyl (C=S) groups is 1. The van der Waals surface area contributed by atoms with E-state index in [1.165, 1.54) is 17.4 Å². The fraction of sp³-hybridized carbons (Fsp3) is 0.273. The lowest BCUT2D eigenvalue weighted by atomic mass is 10.3. The first kappa shape index (κ1) is 13.6. The number of thiazole rings is 1. The van der Waals surface area contributed by atoms with Crippen LogP contribution >= 0.6 is 23.6 Å². The summed E-state index contributed by atoms with van der Waals surface area (Å²) < 4.78 is 1.58. The topological polar surface area (TPSA) is 84.8 Å². The highest BCUT2D eigenvalue weighted by molar-refractivity contribution is 7.80. The molecular formula is C11H13N5OS2. The molecule has 0 amide bonds. The van der Waals surface area contributed by atoms with Gasteiger partial charge in [0.1, 0.15) is 0 Å². The van der Waals surface area contributed by atoms with Crippen LogP contribution in [-0.4, -0.2) is 20.2 Å². The molecule has 19 heavy (non-hydrogen) atoms. The third-order valence-electron chi connectivity index (χ3n) is 2.54. The molecule has 0 unspecified atom stereocenters.